The SMILES string of the molecule is COC(=O)C1CN(C(=O)c2cc(O)[nH]c(=O)c2)CCO1. The number of nitrogens with zero attached hydrogens (tertiary/aromatic N) is 1. The first-order chi connectivity index (χ1) is 9.51. The molecule has 2 rings (SSSR count). The van der Waals surface area contributed by atoms with Crippen molar-refractivity contribution in [3.8, 4) is 5.88 Å². The minimum atomic E-state index is -0.840. The fraction of sp³-hybridized carbons (Fsp3) is 0.417. The summed E-state index contributed by atoms with van der Waals surface area (Å²) in [4.78, 5) is 38.4. The van der Waals surface area contributed by atoms with Crippen LogP contribution < -0.4 is 5.56 Å². The fourth-order valence-corrected chi connectivity index (χ4v) is 1.94. The molecule has 8 nitrogen and oxygen atoms in total. The third-order valence-electron chi connectivity index (χ3n) is 2.89. The molecular weight excluding hydrogens is 268 g/mol. The van der Waals surface area contributed by atoms with Crippen LogP contribution in [-0.4, -0.2) is 59.8 Å². The number of carbonyl (C=O) groups excluding carboxylic acids is 2. The minimum Gasteiger partial charge on any atom is -0.494 e. The van der Waals surface area contributed by atoms with Gasteiger partial charge in [-0.25, -0.2) is 4.79 Å². The van der Waals surface area contributed by atoms with E-state index in [9.17, 15) is 19.5 Å². The van der Waals surface area contributed by atoms with Gasteiger partial charge in [0.05, 0.1) is 25.8 Å². The van der Waals surface area contributed by atoms with Gasteiger partial charge >= 0.3 is 5.97 Å². The summed E-state index contributed by atoms with van der Waals surface area (Å²) < 4.78 is 9.77. The van der Waals surface area contributed by atoms with E-state index in [1.54, 1.807) is 0 Å². The summed E-state index contributed by atoms with van der Waals surface area (Å²) >= 11 is 0. The van der Waals surface area contributed by atoms with Gasteiger partial charge in [0.15, 0.2) is 12.0 Å². The summed E-state index contributed by atoms with van der Waals surface area (Å²) in [6.45, 7) is 0.527. The van der Waals surface area contributed by atoms with Crippen LogP contribution in [0.3, 0.4) is 0 Å². The zero-order valence-electron chi connectivity index (χ0n) is 10.8. The highest BCUT2D eigenvalue weighted by atomic mass is 16.6. The van der Waals surface area contributed by atoms with Crippen molar-refractivity contribution < 1.29 is 24.2 Å². The molecule has 0 aliphatic carbocycles. The van der Waals surface area contributed by atoms with Crippen LogP contribution in [-0.2, 0) is 14.3 Å². The fourth-order valence-electron chi connectivity index (χ4n) is 1.94. The van der Waals surface area contributed by atoms with Gasteiger partial charge in [-0.3, -0.25) is 14.6 Å². The molecule has 8 heteroatoms. The highest BCUT2D eigenvalue weighted by Gasteiger charge is 2.30. The van der Waals surface area contributed by atoms with Crippen LogP contribution >= 0.6 is 0 Å². The van der Waals surface area contributed by atoms with Crippen molar-refractivity contribution in [3.05, 3.63) is 28.0 Å². The lowest BCUT2D eigenvalue weighted by Crippen LogP contribution is -2.49. The van der Waals surface area contributed by atoms with E-state index in [1.807, 2.05) is 0 Å². The standard InChI is InChI=1S/C12H14N2O6/c1-19-12(18)8-6-14(2-3-20-8)11(17)7-4-9(15)13-10(16)5-7/h4-5,8H,2-3,6H2,1H3,(H2,13,15,16). The molecule has 1 aromatic rings. The number of carbonyl (C=O) groups is 2. The number of aromatic nitrogens is 1. The van der Waals surface area contributed by atoms with Gasteiger partial charge in [0, 0.05) is 18.7 Å². The first-order valence-corrected chi connectivity index (χ1v) is 5.93. The number of hydrogen-bond donors (Lipinski definition) is 2. The molecule has 2 heterocycles. The molecule has 0 spiro atoms. The molecule has 0 aromatic carbocycles. The maximum atomic E-state index is 12.2. The number of aromatic hydroxyl groups is 1. The molecule has 1 aliphatic rings. The van der Waals surface area contributed by atoms with E-state index in [2.05, 4.69) is 9.72 Å². The maximum Gasteiger partial charge on any atom is 0.336 e. The Morgan fingerprint density at radius 3 is 2.90 bits per heavy atom. The Bertz CT molecular complexity index is 582. The molecule has 0 bridgehead atoms. The largest absolute Gasteiger partial charge is 0.494 e. The number of aromatic amines is 1. The van der Waals surface area contributed by atoms with Gasteiger partial charge < -0.3 is 19.5 Å². The monoisotopic (exact) mass is 282 g/mol. The molecule has 1 atom stereocenters. The van der Waals surface area contributed by atoms with E-state index in [4.69, 9.17) is 4.74 Å². The third-order valence-corrected chi connectivity index (χ3v) is 2.89. The maximum absolute atomic E-state index is 12.2. The average molecular weight is 282 g/mol. The van der Waals surface area contributed by atoms with Crippen molar-refractivity contribution in [2.75, 3.05) is 26.8 Å². The topological polar surface area (TPSA) is 109 Å². The van der Waals surface area contributed by atoms with Crippen molar-refractivity contribution in [1.82, 2.24) is 9.88 Å². The number of pyridine rings is 1. The number of esters is 1. The van der Waals surface area contributed by atoms with Crippen LogP contribution in [0, 0.1) is 0 Å². The first-order valence-electron chi connectivity index (χ1n) is 5.93. The highest BCUT2D eigenvalue weighted by Crippen LogP contribution is 2.12. The Kier molecular flexibility index (Phi) is 4.04. The Morgan fingerprint density at radius 1 is 1.50 bits per heavy atom. The second-order valence-electron chi connectivity index (χ2n) is 4.25. The van der Waals surface area contributed by atoms with Crippen molar-refractivity contribution in [3.63, 3.8) is 0 Å². The number of H-pyrrole nitrogens is 1. The van der Waals surface area contributed by atoms with Gasteiger partial charge in [-0.05, 0) is 0 Å². The molecule has 1 amide bonds. The number of hydrogen-bond acceptors (Lipinski definition) is 6. The number of ether oxygens (including phenoxy) is 2. The zero-order valence-corrected chi connectivity index (χ0v) is 10.8. The lowest BCUT2D eigenvalue weighted by molar-refractivity contribution is -0.158. The van der Waals surface area contributed by atoms with E-state index in [0.29, 0.717) is 6.54 Å². The zero-order chi connectivity index (χ0) is 14.7. The van der Waals surface area contributed by atoms with Crippen molar-refractivity contribution in [2.24, 2.45) is 0 Å². The number of morpholine rings is 1. The predicted octanol–water partition coefficient (Wildman–Crippen LogP) is -0.906. The van der Waals surface area contributed by atoms with E-state index < -0.39 is 29.4 Å². The van der Waals surface area contributed by atoms with E-state index in [1.165, 1.54) is 12.0 Å². The molecule has 2 N–H and O–H groups in total. The van der Waals surface area contributed by atoms with E-state index in [-0.39, 0.29) is 18.7 Å². The molecule has 1 fully saturated rings. The Morgan fingerprint density at radius 2 is 2.25 bits per heavy atom. The van der Waals surface area contributed by atoms with Gasteiger partial charge in [-0.2, -0.15) is 0 Å². The van der Waals surface area contributed by atoms with E-state index >= 15 is 0 Å². The molecule has 0 radical (unpaired) electrons. The lowest BCUT2D eigenvalue weighted by Gasteiger charge is -2.31. The normalized spacial score (nSPS) is 18.6. The van der Waals surface area contributed by atoms with E-state index in [0.717, 1.165) is 12.1 Å². The number of rotatable bonds is 2. The molecule has 1 aromatic heterocycles. The molecule has 1 unspecified atom stereocenters. The molecular formula is C12H14N2O6. The predicted molar refractivity (Wildman–Crippen MR) is 66.4 cm³/mol. The summed E-state index contributed by atoms with van der Waals surface area (Å²) in [5.74, 6) is -1.40. The second kappa shape index (κ2) is 5.74. The van der Waals surface area contributed by atoms with Crippen LogP contribution in [0.25, 0.3) is 0 Å². The number of methoxy groups -OCH3 is 1. The summed E-state index contributed by atoms with van der Waals surface area (Å²) in [6.07, 6.45) is -0.840. The molecule has 0 saturated carbocycles. The highest BCUT2D eigenvalue weighted by molar-refractivity contribution is 5.94. The van der Waals surface area contributed by atoms with Gasteiger partial charge in [0.1, 0.15) is 0 Å². The average Bonchev–Trinajstić information content (AvgIpc) is 2.44. The number of nitrogens with one attached hydrogen (secondary N) is 1. The minimum absolute atomic E-state index is 0.0407. The molecule has 20 heavy (non-hydrogen) atoms. The van der Waals surface area contributed by atoms with Gasteiger partial charge in [0.25, 0.3) is 11.5 Å². The summed E-state index contributed by atoms with van der Waals surface area (Å²) in [7, 11) is 1.24. The first kappa shape index (κ1) is 14.1. The second-order valence-corrected chi connectivity index (χ2v) is 4.25. The Labute approximate surface area is 113 Å². The third kappa shape index (κ3) is 2.97. The summed E-state index contributed by atoms with van der Waals surface area (Å²) in [5.41, 5.74) is -0.525. The number of amides is 1. The Balaban J connectivity index is 2.16. The molecule has 1 aliphatic heterocycles. The van der Waals surface area contributed by atoms with Crippen LogP contribution in [0.5, 0.6) is 5.88 Å². The van der Waals surface area contributed by atoms with Crippen LogP contribution in [0.1, 0.15) is 10.4 Å². The summed E-state index contributed by atoms with van der Waals surface area (Å²) in [6, 6.07) is 2.25. The van der Waals surface area contributed by atoms with Gasteiger partial charge in [0.2, 0.25) is 0 Å². The van der Waals surface area contributed by atoms with Crippen LogP contribution in [0.4, 0.5) is 0 Å². The van der Waals surface area contributed by atoms with Crippen molar-refractivity contribution in [2.45, 2.75) is 6.10 Å². The smallest absolute Gasteiger partial charge is 0.336 e. The van der Waals surface area contributed by atoms with Gasteiger partial charge in [-0.1, -0.05) is 0 Å². The Hall–Kier alpha value is -2.35. The quantitative estimate of drug-likeness (QED) is 0.680. The van der Waals surface area contributed by atoms with Crippen LogP contribution in [0.2, 0.25) is 0 Å². The molecule has 1 saturated heterocycles. The van der Waals surface area contributed by atoms with Crippen molar-refractivity contribution >= 4 is 11.9 Å². The lowest BCUT2D eigenvalue weighted by atomic mass is 10.2. The summed E-state index contributed by atoms with van der Waals surface area (Å²) in [5, 5.41) is 9.29. The van der Waals surface area contributed by atoms with Crippen LogP contribution in [0.15, 0.2) is 16.9 Å². The molecule has 108 valence electrons. The van der Waals surface area contributed by atoms with Crippen molar-refractivity contribution in [1.29, 1.82) is 0 Å². The van der Waals surface area contributed by atoms with Gasteiger partial charge in [-0.15, -0.1) is 0 Å².